The topological polar surface area (TPSA) is 76.4 Å². The number of anilines is 1. The molecule has 0 saturated heterocycles. The molecule has 2 N–H and O–H groups in total. The van der Waals surface area contributed by atoms with Crippen molar-refractivity contribution in [3.05, 3.63) is 22.1 Å². The summed E-state index contributed by atoms with van der Waals surface area (Å²) in [6.07, 6.45) is -3.89. The minimum atomic E-state index is -4.85. The number of aliphatic hydroxyl groups is 1. The monoisotopic (exact) mass is 395 g/mol. The van der Waals surface area contributed by atoms with Crippen LogP contribution in [0.1, 0.15) is 19.4 Å². The van der Waals surface area contributed by atoms with E-state index in [0.29, 0.717) is 11.3 Å². The number of halogens is 3. The first kappa shape index (κ1) is 22.6. The molecule has 0 aliphatic carbocycles. The molecule has 0 aromatic carbocycles. The Morgan fingerprint density at radius 3 is 2.42 bits per heavy atom. The van der Waals surface area contributed by atoms with Crippen LogP contribution in [0.25, 0.3) is 0 Å². The van der Waals surface area contributed by atoms with Crippen LogP contribution in [0.2, 0.25) is 25.7 Å². The Morgan fingerprint density at radius 2 is 1.96 bits per heavy atom. The summed E-state index contributed by atoms with van der Waals surface area (Å²) in [4.78, 5) is 12.3. The normalized spacial score (nSPS) is 13.9. The van der Waals surface area contributed by atoms with Gasteiger partial charge in [0.05, 0.1) is 24.5 Å². The summed E-state index contributed by atoms with van der Waals surface area (Å²) < 4.78 is 46.2. The van der Waals surface area contributed by atoms with E-state index in [4.69, 9.17) is 4.74 Å². The third-order valence-electron chi connectivity index (χ3n) is 3.88. The molecule has 0 saturated carbocycles. The number of alkyl halides is 3. The van der Waals surface area contributed by atoms with Crippen molar-refractivity contribution in [3.63, 3.8) is 0 Å². The van der Waals surface area contributed by atoms with Gasteiger partial charge in [-0.3, -0.25) is 4.79 Å². The average molecular weight is 395 g/mol. The van der Waals surface area contributed by atoms with Gasteiger partial charge in [0.2, 0.25) is 0 Å². The maximum absolute atomic E-state index is 13.4. The fourth-order valence-corrected chi connectivity index (χ4v) is 2.87. The van der Waals surface area contributed by atoms with Crippen LogP contribution in [0.4, 0.5) is 18.9 Å². The number of rotatable bonds is 9. The highest BCUT2D eigenvalue weighted by Crippen LogP contribution is 2.32. The van der Waals surface area contributed by atoms with Crippen molar-refractivity contribution in [2.75, 3.05) is 18.5 Å². The fraction of sp³-hybridized carbons (Fsp3) is 0.750. The van der Waals surface area contributed by atoms with Crippen LogP contribution in [0.15, 0.2) is 11.0 Å². The molecular weight excluding hydrogens is 367 g/mol. The van der Waals surface area contributed by atoms with Crippen molar-refractivity contribution in [1.29, 1.82) is 0 Å². The van der Waals surface area contributed by atoms with Gasteiger partial charge in [-0.15, -0.1) is 0 Å². The molecule has 0 spiro atoms. The Morgan fingerprint density at radius 1 is 1.35 bits per heavy atom. The van der Waals surface area contributed by atoms with Gasteiger partial charge in [0.1, 0.15) is 12.3 Å². The number of nitrogens with one attached hydrogen (secondary N) is 1. The summed E-state index contributed by atoms with van der Waals surface area (Å²) in [5.74, 6) is -0.131. The minimum Gasteiger partial charge on any atom is -0.394 e. The average Bonchev–Trinajstić information content (AvgIpc) is 2.48. The van der Waals surface area contributed by atoms with Gasteiger partial charge in [0.25, 0.3) is 5.56 Å². The molecule has 0 aliphatic heterocycles. The number of hydrogen-bond acceptors (Lipinski definition) is 5. The van der Waals surface area contributed by atoms with Crippen molar-refractivity contribution >= 4 is 13.8 Å². The second-order valence-corrected chi connectivity index (χ2v) is 13.4. The van der Waals surface area contributed by atoms with Crippen molar-refractivity contribution in [3.8, 4) is 0 Å². The van der Waals surface area contributed by atoms with E-state index in [2.05, 4.69) is 30.1 Å². The molecule has 0 bridgehead atoms. The first-order valence-electron chi connectivity index (χ1n) is 8.49. The lowest BCUT2D eigenvalue weighted by Crippen LogP contribution is -2.36. The third kappa shape index (κ3) is 6.73. The Kier molecular flexibility index (Phi) is 7.84. The molecule has 10 heteroatoms. The van der Waals surface area contributed by atoms with Gasteiger partial charge >= 0.3 is 6.18 Å². The van der Waals surface area contributed by atoms with Gasteiger partial charge in [-0.05, 0) is 12.0 Å². The largest absolute Gasteiger partial charge is 0.423 e. The van der Waals surface area contributed by atoms with E-state index in [0.717, 1.165) is 12.2 Å². The second kappa shape index (κ2) is 9.00. The van der Waals surface area contributed by atoms with E-state index >= 15 is 0 Å². The van der Waals surface area contributed by atoms with Gasteiger partial charge in [-0.2, -0.15) is 18.3 Å². The van der Waals surface area contributed by atoms with Gasteiger partial charge in [0.15, 0.2) is 0 Å². The van der Waals surface area contributed by atoms with Crippen molar-refractivity contribution in [2.45, 2.75) is 58.5 Å². The Hall–Kier alpha value is -1.39. The van der Waals surface area contributed by atoms with Crippen molar-refractivity contribution in [2.24, 2.45) is 5.92 Å². The van der Waals surface area contributed by atoms with Crippen molar-refractivity contribution in [1.82, 2.24) is 9.78 Å². The Labute approximate surface area is 152 Å². The summed E-state index contributed by atoms with van der Waals surface area (Å²) in [5, 5.41) is 15.7. The smallest absolute Gasteiger partial charge is 0.394 e. The molecule has 0 radical (unpaired) electrons. The van der Waals surface area contributed by atoms with Crippen LogP contribution >= 0.6 is 0 Å². The molecule has 0 aliphatic rings. The predicted molar refractivity (Wildman–Crippen MR) is 96.9 cm³/mol. The van der Waals surface area contributed by atoms with E-state index in [1.807, 2.05) is 0 Å². The molecule has 26 heavy (non-hydrogen) atoms. The number of aliphatic hydroxyl groups excluding tert-OH is 1. The van der Waals surface area contributed by atoms with E-state index in [1.54, 1.807) is 13.8 Å². The highest BCUT2D eigenvalue weighted by molar-refractivity contribution is 6.76. The van der Waals surface area contributed by atoms with Crippen LogP contribution in [0.3, 0.4) is 0 Å². The lowest BCUT2D eigenvalue weighted by molar-refractivity contribution is -0.138. The zero-order valence-electron chi connectivity index (χ0n) is 15.9. The SMILES string of the molecule is CC(C)C(CO)Nc1cnn(COCC[Si](C)(C)C)c(=O)c1C(F)(F)F. The highest BCUT2D eigenvalue weighted by Gasteiger charge is 2.38. The molecule has 0 amide bonds. The summed E-state index contributed by atoms with van der Waals surface area (Å²) >= 11 is 0. The third-order valence-corrected chi connectivity index (χ3v) is 5.58. The maximum atomic E-state index is 13.4. The zero-order chi connectivity index (χ0) is 20.1. The lowest BCUT2D eigenvalue weighted by atomic mass is 10.0. The molecular formula is C16H28F3N3O3Si. The Balaban J connectivity index is 3.06. The molecule has 0 fully saturated rings. The zero-order valence-corrected chi connectivity index (χ0v) is 16.9. The molecule has 1 aromatic heterocycles. The minimum absolute atomic E-state index is 0.131. The second-order valence-electron chi connectivity index (χ2n) is 7.76. The van der Waals surface area contributed by atoms with Gasteiger partial charge in [-0.1, -0.05) is 33.5 Å². The van der Waals surface area contributed by atoms with Crippen LogP contribution in [0.5, 0.6) is 0 Å². The van der Waals surface area contributed by atoms with Crippen LogP contribution in [-0.2, 0) is 17.6 Å². The van der Waals surface area contributed by atoms with E-state index < -0.39 is 37.1 Å². The van der Waals surface area contributed by atoms with Crippen LogP contribution in [0, 0.1) is 5.92 Å². The highest BCUT2D eigenvalue weighted by atomic mass is 28.3. The first-order valence-corrected chi connectivity index (χ1v) is 12.2. The number of nitrogens with zero attached hydrogens (tertiary/aromatic N) is 2. The molecule has 1 heterocycles. The standard InChI is InChI=1S/C16H28F3N3O3Si/c1-11(2)13(9-23)21-12-8-20-22(10-25-6-7-26(3,4)5)15(24)14(12)16(17,18)19/h8,11,13,21,23H,6-7,9-10H2,1-5H3. The number of aromatic nitrogens is 2. The van der Waals surface area contributed by atoms with E-state index in [1.165, 1.54) is 0 Å². The lowest BCUT2D eigenvalue weighted by Gasteiger charge is -2.23. The summed E-state index contributed by atoms with van der Waals surface area (Å²) in [6.45, 7) is 9.62. The summed E-state index contributed by atoms with van der Waals surface area (Å²) in [6, 6.07) is 0.209. The first-order chi connectivity index (χ1) is 11.9. The molecule has 1 atom stereocenters. The van der Waals surface area contributed by atoms with E-state index in [-0.39, 0.29) is 19.3 Å². The molecule has 1 aromatic rings. The van der Waals surface area contributed by atoms with Gasteiger partial charge < -0.3 is 15.2 Å². The van der Waals surface area contributed by atoms with Gasteiger partial charge in [-0.25, -0.2) is 4.68 Å². The van der Waals surface area contributed by atoms with Crippen LogP contribution < -0.4 is 10.9 Å². The molecule has 150 valence electrons. The molecule has 6 nitrogen and oxygen atoms in total. The number of ether oxygens (including phenoxy) is 1. The number of hydrogen-bond donors (Lipinski definition) is 2. The van der Waals surface area contributed by atoms with Crippen molar-refractivity contribution < 1.29 is 23.0 Å². The Bertz CT molecular complexity index is 642. The van der Waals surface area contributed by atoms with E-state index in [9.17, 15) is 23.1 Å². The van der Waals surface area contributed by atoms with Gasteiger partial charge in [0, 0.05) is 14.7 Å². The molecule has 1 rings (SSSR count). The summed E-state index contributed by atoms with van der Waals surface area (Å²) in [7, 11) is -1.34. The summed E-state index contributed by atoms with van der Waals surface area (Å²) in [5.41, 5.74) is -3.04. The van der Waals surface area contributed by atoms with Crippen LogP contribution in [-0.4, -0.2) is 42.2 Å². The predicted octanol–water partition coefficient (Wildman–Crippen LogP) is 3.00. The maximum Gasteiger partial charge on any atom is 0.423 e. The fourth-order valence-electron chi connectivity index (χ4n) is 2.12. The molecule has 1 unspecified atom stereocenters. The quantitative estimate of drug-likeness (QED) is 0.497.